The van der Waals surface area contributed by atoms with Gasteiger partial charge >= 0.3 is 0 Å². The van der Waals surface area contributed by atoms with Gasteiger partial charge in [0.15, 0.2) is 0 Å². The molecule has 0 spiro atoms. The van der Waals surface area contributed by atoms with Gasteiger partial charge in [0.05, 0.1) is 11.8 Å². The number of rotatable bonds is 4. The van der Waals surface area contributed by atoms with Crippen LogP contribution in [0, 0.1) is 5.92 Å². The highest BCUT2D eigenvalue weighted by atomic mass is 16.5. The van der Waals surface area contributed by atoms with Crippen molar-refractivity contribution in [3.05, 3.63) is 24.3 Å². The van der Waals surface area contributed by atoms with Gasteiger partial charge in [-0.1, -0.05) is 19.1 Å². The summed E-state index contributed by atoms with van der Waals surface area (Å²) in [4.78, 5) is 5.23. The second kappa shape index (κ2) is 7.57. The van der Waals surface area contributed by atoms with Crippen LogP contribution >= 0.6 is 0 Å². The maximum atomic E-state index is 6.00. The number of ether oxygens (including phenoxy) is 1. The Hall–Kier alpha value is -1.22. The lowest BCUT2D eigenvalue weighted by atomic mass is 9.86. The van der Waals surface area contributed by atoms with Crippen molar-refractivity contribution in [1.29, 1.82) is 0 Å². The normalized spacial score (nSPS) is 26.5. The molecular weight excluding hydrogens is 284 g/mol. The second-order valence-corrected chi connectivity index (χ2v) is 7.57. The lowest BCUT2D eigenvalue weighted by Gasteiger charge is -2.42. The van der Waals surface area contributed by atoms with Crippen molar-refractivity contribution >= 4 is 5.69 Å². The lowest BCUT2D eigenvalue weighted by Crippen LogP contribution is -2.51. The number of piperazine rings is 1. The zero-order chi connectivity index (χ0) is 16.2. The highest BCUT2D eigenvalue weighted by Gasteiger charge is 2.27. The van der Waals surface area contributed by atoms with Gasteiger partial charge in [-0.2, -0.15) is 0 Å². The van der Waals surface area contributed by atoms with Crippen molar-refractivity contribution in [2.75, 3.05) is 31.1 Å². The molecule has 1 aliphatic carbocycles. The molecule has 1 aromatic carbocycles. The Morgan fingerprint density at radius 3 is 2.26 bits per heavy atom. The monoisotopic (exact) mass is 316 g/mol. The average molecular weight is 316 g/mol. The highest BCUT2D eigenvalue weighted by molar-refractivity contribution is 5.58. The van der Waals surface area contributed by atoms with Crippen molar-refractivity contribution in [3.8, 4) is 5.75 Å². The number of hydrogen-bond acceptors (Lipinski definition) is 3. The molecule has 0 aromatic heterocycles. The van der Waals surface area contributed by atoms with E-state index in [2.05, 4.69) is 54.8 Å². The van der Waals surface area contributed by atoms with Gasteiger partial charge < -0.3 is 9.64 Å². The zero-order valence-electron chi connectivity index (χ0n) is 15.0. The van der Waals surface area contributed by atoms with Crippen molar-refractivity contribution in [2.24, 2.45) is 5.92 Å². The molecule has 3 heteroatoms. The van der Waals surface area contributed by atoms with E-state index in [1.165, 1.54) is 44.5 Å². The Morgan fingerprint density at radius 2 is 1.61 bits per heavy atom. The number of anilines is 1. The van der Waals surface area contributed by atoms with Gasteiger partial charge in [0.1, 0.15) is 5.75 Å². The van der Waals surface area contributed by atoms with Crippen LogP contribution in [0.1, 0.15) is 46.5 Å². The van der Waals surface area contributed by atoms with Crippen LogP contribution in [0.3, 0.4) is 0 Å². The summed E-state index contributed by atoms with van der Waals surface area (Å²) < 4.78 is 6.00. The van der Waals surface area contributed by atoms with Gasteiger partial charge in [0, 0.05) is 32.2 Å². The summed E-state index contributed by atoms with van der Waals surface area (Å²) in [6.45, 7) is 11.2. The molecule has 3 rings (SSSR count). The molecule has 1 saturated heterocycles. The maximum absolute atomic E-state index is 6.00. The van der Waals surface area contributed by atoms with Crippen LogP contribution in [0.15, 0.2) is 24.3 Å². The smallest absolute Gasteiger partial charge is 0.142 e. The Morgan fingerprint density at radius 1 is 0.957 bits per heavy atom. The van der Waals surface area contributed by atoms with E-state index in [1.807, 2.05) is 0 Å². The Balaban J connectivity index is 1.59. The summed E-state index contributed by atoms with van der Waals surface area (Å²) >= 11 is 0. The summed E-state index contributed by atoms with van der Waals surface area (Å²) in [5, 5.41) is 0. The Kier molecular flexibility index (Phi) is 5.47. The fourth-order valence-electron chi connectivity index (χ4n) is 4.01. The van der Waals surface area contributed by atoms with E-state index >= 15 is 0 Å². The van der Waals surface area contributed by atoms with E-state index in [0.29, 0.717) is 0 Å². The zero-order valence-corrected chi connectivity index (χ0v) is 15.0. The van der Waals surface area contributed by atoms with Gasteiger partial charge in [-0.05, 0) is 57.6 Å². The molecule has 3 nitrogen and oxygen atoms in total. The van der Waals surface area contributed by atoms with E-state index in [0.717, 1.165) is 30.8 Å². The molecule has 1 saturated carbocycles. The third-order valence-corrected chi connectivity index (χ3v) is 5.38. The van der Waals surface area contributed by atoms with E-state index in [9.17, 15) is 0 Å². The van der Waals surface area contributed by atoms with Gasteiger partial charge in [-0.15, -0.1) is 0 Å². The predicted octanol–water partition coefficient (Wildman–Crippen LogP) is 4.17. The number of benzene rings is 1. The molecule has 0 unspecified atom stereocenters. The standard InChI is InChI=1S/C20H32N2O/c1-16(2)23-20-7-5-4-6-19(20)22-14-12-21(13-15-22)18-10-8-17(3)9-11-18/h4-7,16-18H,8-15H2,1-3H3. The first-order valence-electron chi connectivity index (χ1n) is 9.38. The third kappa shape index (κ3) is 4.20. The molecule has 0 atom stereocenters. The van der Waals surface area contributed by atoms with Crippen LogP contribution in [-0.4, -0.2) is 43.2 Å². The van der Waals surface area contributed by atoms with E-state index in [-0.39, 0.29) is 6.10 Å². The summed E-state index contributed by atoms with van der Waals surface area (Å²) in [6.07, 6.45) is 5.84. The van der Waals surface area contributed by atoms with Crippen LogP contribution in [0.5, 0.6) is 5.75 Å². The average Bonchev–Trinajstić information content (AvgIpc) is 2.56. The molecule has 0 bridgehead atoms. The number of hydrogen-bond donors (Lipinski definition) is 0. The minimum Gasteiger partial charge on any atom is -0.489 e. The molecule has 23 heavy (non-hydrogen) atoms. The van der Waals surface area contributed by atoms with Gasteiger partial charge in [0.2, 0.25) is 0 Å². The minimum absolute atomic E-state index is 0.224. The van der Waals surface area contributed by atoms with Crippen LogP contribution < -0.4 is 9.64 Å². The summed E-state index contributed by atoms with van der Waals surface area (Å²) in [6, 6.07) is 9.33. The third-order valence-electron chi connectivity index (χ3n) is 5.38. The van der Waals surface area contributed by atoms with Gasteiger partial charge in [-0.3, -0.25) is 4.90 Å². The molecule has 128 valence electrons. The molecule has 0 amide bonds. The molecule has 2 fully saturated rings. The lowest BCUT2D eigenvalue weighted by molar-refractivity contribution is 0.132. The number of nitrogens with zero attached hydrogens (tertiary/aromatic N) is 2. The minimum atomic E-state index is 0.224. The molecule has 0 radical (unpaired) electrons. The Bertz CT molecular complexity index is 486. The SMILES string of the molecule is CC1CCC(N2CCN(c3ccccc3OC(C)C)CC2)CC1. The molecule has 1 aliphatic heterocycles. The van der Waals surface area contributed by atoms with Crippen LogP contribution in [0.25, 0.3) is 0 Å². The molecule has 2 aliphatic rings. The first-order valence-corrected chi connectivity index (χ1v) is 9.38. The van der Waals surface area contributed by atoms with Crippen molar-refractivity contribution in [2.45, 2.75) is 58.6 Å². The van der Waals surface area contributed by atoms with Crippen LogP contribution in [0.2, 0.25) is 0 Å². The first-order chi connectivity index (χ1) is 11.1. The second-order valence-electron chi connectivity index (χ2n) is 7.57. The topological polar surface area (TPSA) is 15.7 Å². The van der Waals surface area contributed by atoms with E-state index in [1.54, 1.807) is 0 Å². The van der Waals surface area contributed by atoms with Crippen molar-refractivity contribution < 1.29 is 4.74 Å². The van der Waals surface area contributed by atoms with Crippen molar-refractivity contribution in [3.63, 3.8) is 0 Å². The largest absolute Gasteiger partial charge is 0.489 e. The Labute approximate surface area is 141 Å². The summed E-state index contributed by atoms with van der Waals surface area (Å²) in [7, 11) is 0. The van der Waals surface area contributed by atoms with Crippen LogP contribution in [-0.2, 0) is 0 Å². The molecule has 1 heterocycles. The summed E-state index contributed by atoms with van der Waals surface area (Å²) in [5.41, 5.74) is 1.26. The molecule has 1 aromatic rings. The first kappa shape index (κ1) is 16.6. The fourth-order valence-corrected chi connectivity index (χ4v) is 4.01. The summed E-state index contributed by atoms with van der Waals surface area (Å²) in [5.74, 6) is 1.97. The van der Waals surface area contributed by atoms with Gasteiger partial charge in [0.25, 0.3) is 0 Å². The van der Waals surface area contributed by atoms with Crippen molar-refractivity contribution in [1.82, 2.24) is 4.90 Å². The van der Waals surface area contributed by atoms with E-state index < -0.39 is 0 Å². The highest BCUT2D eigenvalue weighted by Crippen LogP contribution is 2.32. The van der Waals surface area contributed by atoms with E-state index in [4.69, 9.17) is 4.74 Å². The number of para-hydroxylation sites is 2. The van der Waals surface area contributed by atoms with Gasteiger partial charge in [-0.25, -0.2) is 0 Å². The maximum Gasteiger partial charge on any atom is 0.142 e. The van der Waals surface area contributed by atoms with Crippen LogP contribution in [0.4, 0.5) is 5.69 Å². The quantitative estimate of drug-likeness (QED) is 0.829. The molecule has 0 N–H and O–H groups in total. The fraction of sp³-hybridized carbons (Fsp3) is 0.700. The predicted molar refractivity (Wildman–Crippen MR) is 97.4 cm³/mol. The molecular formula is C20H32N2O.